The molecule has 2 aromatic carbocycles. The molecule has 0 saturated carbocycles. The molecule has 23 heavy (non-hydrogen) atoms. The number of anilines is 1. The minimum atomic E-state index is 0.117. The van der Waals surface area contributed by atoms with E-state index in [9.17, 15) is 4.79 Å². The number of carbonyl (C=O) groups is 1. The van der Waals surface area contributed by atoms with Crippen molar-refractivity contribution in [3.8, 4) is 0 Å². The van der Waals surface area contributed by atoms with Crippen LogP contribution in [0.2, 0.25) is 0 Å². The molecule has 0 saturated heterocycles. The first-order valence-electron chi connectivity index (χ1n) is 8.15. The van der Waals surface area contributed by atoms with Crippen LogP contribution < -0.4 is 10.2 Å². The van der Waals surface area contributed by atoms with Crippen molar-refractivity contribution in [1.29, 1.82) is 0 Å². The van der Waals surface area contributed by atoms with Crippen LogP contribution in [-0.4, -0.2) is 25.5 Å². The highest BCUT2D eigenvalue weighted by Gasteiger charge is 2.26. The number of halogens is 1. The Kier molecular flexibility index (Phi) is 3.95. The number of rotatable bonds is 1. The van der Waals surface area contributed by atoms with Crippen LogP contribution in [0.25, 0.3) is 0 Å². The summed E-state index contributed by atoms with van der Waals surface area (Å²) in [7, 11) is 0. The van der Waals surface area contributed by atoms with E-state index in [1.165, 1.54) is 16.7 Å². The van der Waals surface area contributed by atoms with Crippen molar-refractivity contribution >= 4 is 27.5 Å². The van der Waals surface area contributed by atoms with Crippen LogP contribution in [0.4, 0.5) is 5.69 Å². The van der Waals surface area contributed by atoms with E-state index in [4.69, 9.17) is 0 Å². The minimum absolute atomic E-state index is 0.117. The first-order chi connectivity index (χ1) is 11.2. The summed E-state index contributed by atoms with van der Waals surface area (Å²) in [5.74, 6) is 0.117. The van der Waals surface area contributed by atoms with Gasteiger partial charge in [-0.05, 0) is 79.4 Å². The van der Waals surface area contributed by atoms with Gasteiger partial charge in [-0.25, -0.2) is 0 Å². The van der Waals surface area contributed by atoms with Crippen molar-refractivity contribution in [3.05, 3.63) is 63.1 Å². The van der Waals surface area contributed by atoms with Gasteiger partial charge in [-0.15, -0.1) is 0 Å². The maximum absolute atomic E-state index is 13.0. The van der Waals surface area contributed by atoms with Gasteiger partial charge in [0.05, 0.1) is 0 Å². The van der Waals surface area contributed by atoms with Gasteiger partial charge in [0.1, 0.15) is 0 Å². The Labute approximate surface area is 144 Å². The highest BCUT2D eigenvalue weighted by molar-refractivity contribution is 9.10. The molecule has 1 N–H and O–H groups in total. The van der Waals surface area contributed by atoms with Crippen LogP contribution in [0.1, 0.15) is 27.0 Å². The number of hydrogen-bond donors (Lipinski definition) is 1. The second-order valence-corrected chi connectivity index (χ2v) is 7.13. The molecule has 0 aliphatic carbocycles. The molecular formula is C19H19BrN2O. The van der Waals surface area contributed by atoms with Crippen LogP contribution in [0.15, 0.2) is 40.9 Å². The average molecular weight is 371 g/mol. The molecule has 0 spiro atoms. The van der Waals surface area contributed by atoms with Gasteiger partial charge in [0.15, 0.2) is 0 Å². The Morgan fingerprint density at radius 3 is 2.65 bits per heavy atom. The molecule has 2 aliphatic rings. The average Bonchev–Trinajstić information content (AvgIpc) is 2.82. The molecule has 0 aromatic heterocycles. The molecule has 2 aromatic rings. The van der Waals surface area contributed by atoms with E-state index in [1.807, 2.05) is 23.1 Å². The Morgan fingerprint density at radius 1 is 0.957 bits per heavy atom. The molecule has 0 radical (unpaired) electrons. The summed E-state index contributed by atoms with van der Waals surface area (Å²) < 4.78 is 1.07. The SMILES string of the molecule is O=C(c1ccc2c(c1)CCNCC2)N1CCc2cc(Br)ccc21. The number of carbonyl (C=O) groups excluding carboxylic acids is 1. The lowest BCUT2D eigenvalue weighted by atomic mass is 9.99. The van der Waals surface area contributed by atoms with Crippen molar-refractivity contribution in [1.82, 2.24) is 5.32 Å². The van der Waals surface area contributed by atoms with Crippen LogP contribution in [-0.2, 0) is 19.3 Å². The van der Waals surface area contributed by atoms with Gasteiger partial charge in [-0.2, -0.15) is 0 Å². The normalized spacial score (nSPS) is 16.7. The summed E-state index contributed by atoms with van der Waals surface area (Å²) in [6.45, 7) is 2.78. The summed E-state index contributed by atoms with van der Waals surface area (Å²) in [4.78, 5) is 14.9. The summed E-state index contributed by atoms with van der Waals surface area (Å²) in [5.41, 5.74) is 5.79. The molecule has 0 fully saturated rings. The monoisotopic (exact) mass is 370 g/mol. The van der Waals surface area contributed by atoms with Gasteiger partial charge in [0, 0.05) is 22.3 Å². The summed E-state index contributed by atoms with van der Waals surface area (Å²) in [6.07, 6.45) is 2.97. The lowest BCUT2D eigenvalue weighted by Gasteiger charge is -2.18. The highest BCUT2D eigenvalue weighted by atomic mass is 79.9. The lowest BCUT2D eigenvalue weighted by molar-refractivity contribution is 0.0989. The number of hydrogen-bond acceptors (Lipinski definition) is 2. The molecular weight excluding hydrogens is 352 g/mol. The van der Waals surface area contributed by atoms with E-state index >= 15 is 0 Å². The number of amides is 1. The molecule has 0 unspecified atom stereocenters. The van der Waals surface area contributed by atoms with Gasteiger partial charge < -0.3 is 10.2 Å². The third kappa shape index (κ3) is 2.81. The van der Waals surface area contributed by atoms with Crippen molar-refractivity contribution < 1.29 is 4.79 Å². The van der Waals surface area contributed by atoms with E-state index in [0.717, 1.165) is 54.6 Å². The summed E-state index contributed by atoms with van der Waals surface area (Å²) in [5, 5.41) is 3.42. The number of nitrogens with one attached hydrogen (secondary N) is 1. The predicted molar refractivity (Wildman–Crippen MR) is 96.2 cm³/mol. The first-order valence-corrected chi connectivity index (χ1v) is 8.94. The van der Waals surface area contributed by atoms with Crippen LogP contribution in [0.5, 0.6) is 0 Å². The molecule has 0 bridgehead atoms. The molecule has 4 heteroatoms. The number of fused-ring (bicyclic) bond motifs is 2. The standard InChI is InChI=1S/C19H19BrN2O/c20-17-3-4-18-15(12-17)7-10-22(18)19(23)16-2-1-13-5-8-21-9-6-14(13)11-16/h1-4,11-12,21H,5-10H2. The fraction of sp³-hybridized carbons (Fsp3) is 0.316. The maximum atomic E-state index is 13.0. The topological polar surface area (TPSA) is 32.3 Å². The zero-order chi connectivity index (χ0) is 15.8. The van der Waals surface area contributed by atoms with Crippen LogP contribution in [0.3, 0.4) is 0 Å². The van der Waals surface area contributed by atoms with Gasteiger partial charge >= 0.3 is 0 Å². The van der Waals surface area contributed by atoms with E-state index in [2.05, 4.69) is 39.4 Å². The van der Waals surface area contributed by atoms with E-state index in [1.54, 1.807) is 0 Å². The van der Waals surface area contributed by atoms with Gasteiger partial charge in [0.25, 0.3) is 5.91 Å². The second kappa shape index (κ2) is 6.10. The molecule has 2 heterocycles. The Balaban J connectivity index is 1.65. The molecule has 2 aliphatic heterocycles. The Morgan fingerprint density at radius 2 is 1.78 bits per heavy atom. The van der Waals surface area contributed by atoms with Crippen LogP contribution >= 0.6 is 15.9 Å². The summed E-state index contributed by atoms with van der Waals surface area (Å²) in [6, 6.07) is 12.4. The quantitative estimate of drug-likeness (QED) is 0.834. The van der Waals surface area contributed by atoms with Crippen molar-refractivity contribution in [2.75, 3.05) is 24.5 Å². The van der Waals surface area contributed by atoms with Crippen molar-refractivity contribution in [2.45, 2.75) is 19.3 Å². The van der Waals surface area contributed by atoms with Gasteiger partial charge in [-0.1, -0.05) is 22.0 Å². The molecule has 118 valence electrons. The minimum Gasteiger partial charge on any atom is -0.316 e. The largest absolute Gasteiger partial charge is 0.316 e. The molecule has 3 nitrogen and oxygen atoms in total. The lowest BCUT2D eigenvalue weighted by Crippen LogP contribution is -2.29. The fourth-order valence-corrected chi connectivity index (χ4v) is 3.95. The van der Waals surface area contributed by atoms with E-state index in [0.29, 0.717) is 0 Å². The third-order valence-corrected chi connectivity index (χ3v) is 5.27. The molecule has 0 atom stereocenters. The first kappa shape index (κ1) is 14.9. The Hall–Kier alpha value is -1.65. The molecule has 4 rings (SSSR count). The fourth-order valence-electron chi connectivity index (χ4n) is 3.54. The smallest absolute Gasteiger partial charge is 0.258 e. The number of benzene rings is 2. The van der Waals surface area contributed by atoms with Crippen molar-refractivity contribution in [3.63, 3.8) is 0 Å². The summed E-state index contributed by atoms with van der Waals surface area (Å²) >= 11 is 3.51. The molecule has 1 amide bonds. The Bertz CT molecular complexity index is 772. The zero-order valence-electron chi connectivity index (χ0n) is 12.9. The van der Waals surface area contributed by atoms with Crippen molar-refractivity contribution in [2.24, 2.45) is 0 Å². The maximum Gasteiger partial charge on any atom is 0.258 e. The van der Waals surface area contributed by atoms with Crippen LogP contribution in [0, 0.1) is 0 Å². The predicted octanol–water partition coefficient (Wildman–Crippen LogP) is 3.34. The van der Waals surface area contributed by atoms with Gasteiger partial charge in [0.2, 0.25) is 0 Å². The van der Waals surface area contributed by atoms with Gasteiger partial charge in [-0.3, -0.25) is 4.79 Å². The zero-order valence-corrected chi connectivity index (χ0v) is 14.5. The second-order valence-electron chi connectivity index (χ2n) is 6.21. The number of nitrogens with zero attached hydrogens (tertiary/aromatic N) is 1. The van der Waals surface area contributed by atoms with E-state index in [-0.39, 0.29) is 5.91 Å². The van der Waals surface area contributed by atoms with E-state index < -0.39 is 0 Å². The third-order valence-electron chi connectivity index (χ3n) is 4.78. The highest BCUT2D eigenvalue weighted by Crippen LogP contribution is 2.32.